The maximum absolute atomic E-state index is 12.7. The van der Waals surface area contributed by atoms with E-state index in [-0.39, 0.29) is 44.0 Å². The summed E-state index contributed by atoms with van der Waals surface area (Å²) < 4.78 is 5.05. The van der Waals surface area contributed by atoms with E-state index in [1.165, 1.54) is 0 Å². The van der Waals surface area contributed by atoms with E-state index in [1.807, 2.05) is 13.8 Å². The van der Waals surface area contributed by atoms with E-state index in [1.54, 1.807) is 45.0 Å². The normalized spacial score (nSPS) is 12.1. The Morgan fingerprint density at radius 1 is 0.791 bits per heavy atom. The molecule has 15 heteroatoms. The highest BCUT2D eigenvalue weighted by molar-refractivity contribution is 5.97. The Morgan fingerprint density at radius 3 is 1.93 bits per heavy atom. The van der Waals surface area contributed by atoms with E-state index in [9.17, 15) is 33.6 Å². The number of ether oxygens (including phenoxy) is 1. The summed E-state index contributed by atoms with van der Waals surface area (Å²) in [4.78, 5) is 84.5. The number of carbonyl (C=O) groups is 7. The third kappa shape index (κ3) is 15.3. The zero-order chi connectivity index (χ0) is 32.5. The molecular weight excluding hydrogens is 564 g/mol. The smallest absolute Gasteiger partial charge is 0.305 e. The number of rotatable bonds is 18. The number of benzene rings is 1. The number of anilines is 1. The lowest BCUT2D eigenvalue weighted by Crippen LogP contribution is -2.55. The molecule has 0 aliphatic carbocycles. The van der Waals surface area contributed by atoms with Gasteiger partial charge in [-0.3, -0.25) is 33.6 Å². The Bertz CT molecular complexity index is 1140. The van der Waals surface area contributed by atoms with Crippen molar-refractivity contribution in [3.8, 4) is 0 Å². The number of carbonyl (C=O) groups excluding carboxylic acids is 6. The molecule has 0 aromatic heterocycles. The van der Waals surface area contributed by atoms with Crippen molar-refractivity contribution >= 4 is 47.2 Å². The van der Waals surface area contributed by atoms with Crippen LogP contribution in [0.5, 0.6) is 0 Å². The van der Waals surface area contributed by atoms with Crippen LogP contribution >= 0.6 is 0 Å². The molecule has 1 aromatic rings. The van der Waals surface area contributed by atoms with Crippen LogP contribution in [0.3, 0.4) is 0 Å². The zero-order valence-corrected chi connectivity index (χ0v) is 25.1. The Labute approximate surface area is 250 Å². The second kappa shape index (κ2) is 18.8. The molecule has 43 heavy (non-hydrogen) atoms. The summed E-state index contributed by atoms with van der Waals surface area (Å²) in [7, 11) is 0. The van der Waals surface area contributed by atoms with Gasteiger partial charge in [0.15, 0.2) is 0 Å². The molecule has 1 aromatic carbocycles. The number of hydrogen-bond donors (Lipinski definition) is 7. The van der Waals surface area contributed by atoms with Gasteiger partial charge in [-0.25, -0.2) is 0 Å². The minimum Gasteiger partial charge on any atom is -0.481 e. The van der Waals surface area contributed by atoms with Crippen molar-refractivity contribution in [2.75, 3.05) is 25.0 Å². The molecule has 15 nitrogen and oxygen atoms in total. The van der Waals surface area contributed by atoms with E-state index in [0.717, 1.165) is 5.56 Å². The van der Waals surface area contributed by atoms with Crippen LogP contribution in [0.4, 0.5) is 5.69 Å². The van der Waals surface area contributed by atoms with Crippen LogP contribution < -0.4 is 31.9 Å². The van der Waals surface area contributed by atoms with Gasteiger partial charge in [0.25, 0.3) is 0 Å². The fourth-order valence-electron chi connectivity index (χ4n) is 3.41. The van der Waals surface area contributed by atoms with Gasteiger partial charge < -0.3 is 41.7 Å². The standard InChI is InChI=1S/C28H42N6O9/c1-6-25(40)43-15-18-7-9-19(10-8-18)32-21(35)13-31-28(42)26(16(2)3)34-23(37)14-30-27(41)20(11-24(38)39)33-22(36)12-29-17(4)5/h7-10,16-17,20,26,29H,6,11-15H2,1-5H3,(H,30,41)(H,31,42)(H,32,35)(H,33,36)(H,34,37)(H,38,39). The van der Waals surface area contributed by atoms with Crippen LogP contribution in [0.1, 0.15) is 53.0 Å². The SMILES string of the molecule is CCC(=O)OCc1ccc(NC(=O)CNC(=O)C(NC(=O)CNC(=O)C(CC(=O)O)NC(=O)CNC(C)C)C(C)C)cc1. The molecule has 2 unspecified atom stereocenters. The molecule has 238 valence electrons. The first kappa shape index (κ1) is 36.5. The monoisotopic (exact) mass is 606 g/mol. The van der Waals surface area contributed by atoms with Gasteiger partial charge in [-0.1, -0.05) is 46.8 Å². The van der Waals surface area contributed by atoms with Gasteiger partial charge in [0.1, 0.15) is 18.7 Å². The number of nitrogens with one attached hydrogen (secondary N) is 6. The molecule has 5 amide bonds. The van der Waals surface area contributed by atoms with Crippen molar-refractivity contribution in [3.63, 3.8) is 0 Å². The number of carboxylic acids is 1. The number of carboxylic acid groups (broad SMARTS) is 1. The van der Waals surface area contributed by atoms with Crippen molar-refractivity contribution in [1.29, 1.82) is 0 Å². The predicted octanol–water partition coefficient (Wildman–Crippen LogP) is -0.591. The van der Waals surface area contributed by atoms with Gasteiger partial charge in [-0.15, -0.1) is 0 Å². The minimum atomic E-state index is -1.41. The van der Waals surface area contributed by atoms with Crippen LogP contribution in [0.15, 0.2) is 24.3 Å². The van der Waals surface area contributed by atoms with Crippen LogP contribution in [0.25, 0.3) is 0 Å². The molecule has 2 atom stereocenters. The molecule has 0 spiro atoms. The van der Waals surface area contributed by atoms with E-state index < -0.39 is 60.6 Å². The summed E-state index contributed by atoms with van der Waals surface area (Å²) in [5, 5.41) is 24.1. The lowest BCUT2D eigenvalue weighted by Gasteiger charge is -2.22. The number of hydrogen-bond acceptors (Lipinski definition) is 9. The van der Waals surface area contributed by atoms with Gasteiger partial charge in [0.2, 0.25) is 29.5 Å². The fourth-order valence-corrected chi connectivity index (χ4v) is 3.41. The molecule has 0 saturated carbocycles. The van der Waals surface area contributed by atoms with E-state index >= 15 is 0 Å². The van der Waals surface area contributed by atoms with E-state index in [4.69, 9.17) is 9.84 Å². The molecule has 0 heterocycles. The summed E-state index contributed by atoms with van der Waals surface area (Å²) in [6, 6.07) is 4.14. The highest BCUT2D eigenvalue weighted by Gasteiger charge is 2.27. The predicted molar refractivity (Wildman–Crippen MR) is 155 cm³/mol. The Hall–Kier alpha value is -4.53. The maximum atomic E-state index is 12.7. The number of esters is 1. The fraction of sp³-hybridized carbons (Fsp3) is 0.536. The van der Waals surface area contributed by atoms with E-state index in [2.05, 4.69) is 31.9 Å². The van der Waals surface area contributed by atoms with Gasteiger partial charge >= 0.3 is 11.9 Å². The highest BCUT2D eigenvalue weighted by Crippen LogP contribution is 2.11. The second-order valence-corrected chi connectivity index (χ2v) is 10.2. The largest absolute Gasteiger partial charge is 0.481 e. The summed E-state index contributed by atoms with van der Waals surface area (Å²) in [6.45, 7) is 7.67. The summed E-state index contributed by atoms with van der Waals surface area (Å²) in [6.07, 6.45) is -0.427. The second-order valence-electron chi connectivity index (χ2n) is 10.2. The molecule has 0 radical (unpaired) electrons. The average molecular weight is 607 g/mol. The zero-order valence-electron chi connectivity index (χ0n) is 25.1. The Balaban J connectivity index is 2.59. The topological polar surface area (TPSA) is 221 Å². The molecule has 7 N–H and O–H groups in total. The molecule has 1 rings (SSSR count). The van der Waals surface area contributed by atoms with Crippen molar-refractivity contribution in [2.24, 2.45) is 5.92 Å². The van der Waals surface area contributed by atoms with Gasteiger partial charge in [0, 0.05) is 18.2 Å². The molecular formula is C28H42N6O9. The first-order valence-corrected chi connectivity index (χ1v) is 13.9. The average Bonchev–Trinajstić information content (AvgIpc) is 2.94. The van der Waals surface area contributed by atoms with Crippen molar-refractivity contribution in [1.82, 2.24) is 26.6 Å². The Kier molecular flexibility index (Phi) is 16.0. The van der Waals surface area contributed by atoms with Crippen LogP contribution in [0, 0.1) is 5.92 Å². The third-order valence-corrected chi connectivity index (χ3v) is 5.74. The highest BCUT2D eigenvalue weighted by atomic mass is 16.5. The molecule has 0 bridgehead atoms. The summed E-state index contributed by atoms with van der Waals surface area (Å²) >= 11 is 0. The van der Waals surface area contributed by atoms with Crippen LogP contribution in [-0.2, 0) is 44.9 Å². The maximum Gasteiger partial charge on any atom is 0.305 e. The first-order valence-electron chi connectivity index (χ1n) is 13.9. The van der Waals surface area contributed by atoms with Crippen molar-refractivity contribution in [2.45, 2.75) is 72.2 Å². The van der Waals surface area contributed by atoms with Gasteiger partial charge in [0.05, 0.1) is 26.1 Å². The van der Waals surface area contributed by atoms with Gasteiger partial charge in [-0.2, -0.15) is 0 Å². The van der Waals surface area contributed by atoms with Crippen molar-refractivity contribution < 1.29 is 43.4 Å². The molecule has 0 aliphatic heterocycles. The molecule has 0 aliphatic rings. The molecule has 0 saturated heterocycles. The number of amides is 5. The van der Waals surface area contributed by atoms with Gasteiger partial charge in [-0.05, 0) is 23.6 Å². The third-order valence-electron chi connectivity index (χ3n) is 5.74. The summed E-state index contributed by atoms with van der Waals surface area (Å²) in [5.41, 5.74) is 1.20. The summed E-state index contributed by atoms with van der Waals surface area (Å²) in [5.74, 6) is -5.40. The Morgan fingerprint density at radius 2 is 1.37 bits per heavy atom. The first-order chi connectivity index (χ1) is 20.2. The minimum absolute atomic E-state index is 0.00945. The quantitative estimate of drug-likeness (QED) is 0.105. The number of aliphatic carboxylic acids is 1. The lowest BCUT2D eigenvalue weighted by molar-refractivity contribution is -0.144. The van der Waals surface area contributed by atoms with E-state index in [0.29, 0.717) is 5.69 Å². The molecule has 0 fully saturated rings. The van der Waals surface area contributed by atoms with Crippen LogP contribution in [0.2, 0.25) is 0 Å². The van der Waals surface area contributed by atoms with Crippen molar-refractivity contribution in [3.05, 3.63) is 29.8 Å². The lowest BCUT2D eigenvalue weighted by atomic mass is 10.0. The van der Waals surface area contributed by atoms with Crippen LogP contribution in [-0.4, -0.2) is 84.3 Å².